The summed E-state index contributed by atoms with van der Waals surface area (Å²) in [4.78, 5) is 26.3. The average molecular weight is 543 g/mol. The fourth-order valence-electron chi connectivity index (χ4n) is 5.63. The number of nitrogens with zero attached hydrogens (tertiary/aromatic N) is 1. The predicted molar refractivity (Wildman–Crippen MR) is 137 cm³/mol. The number of carbonyl (C=O) groups is 2. The number of piperidine rings is 1. The molecule has 2 aliphatic rings. The molecule has 2 fully saturated rings. The highest BCUT2D eigenvalue weighted by molar-refractivity contribution is 5.74. The Morgan fingerprint density at radius 2 is 1.79 bits per heavy atom. The molecule has 11 heteroatoms. The monoisotopic (exact) mass is 542 g/mol. The zero-order valence-electron chi connectivity index (χ0n) is 22.4. The molecule has 0 bridgehead atoms. The Hall–Kier alpha value is -2.53. The molecule has 1 aliphatic heterocycles. The Morgan fingerprint density at radius 3 is 2.45 bits per heavy atom. The van der Waals surface area contributed by atoms with Crippen molar-refractivity contribution in [3.63, 3.8) is 0 Å². The van der Waals surface area contributed by atoms with E-state index in [0.29, 0.717) is 38.4 Å². The second-order valence-electron chi connectivity index (χ2n) is 10.3. The van der Waals surface area contributed by atoms with Crippen molar-refractivity contribution in [2.45, 2.75) is 63.5 Å². The number of alkyl carbamates (subject to hydrolysis) is 1. The molecule has 1 aromatic carbocycles. The standard InChI is InChI=1S/C27H41F3N4O4/c1-31-16-21(13-18-7-4-3-5-8-18)33-26(35)34-11-6-9-19(17-34)25(38-12-10-32-27(36)37-2)20-14-22(28)24(30)23(29)15-20/h14-15,18-19,21,25,31H,3-13,16-17H2,1-2H3,(H,32,36)(H,33,35)/t19-,21+,25-/m1/s1. The maximum Gasteiger partial charge on any atom is 0.406 e. The molecule has 1 aromatic rings. The van der Waals surface area contributed by atoms with Gasteiger partial charge in [-0.2, -0.15) is 0 Å². The molecular weight excluding hydrogens is 501 g/mol. The van der Waals surface area contributed by atoms with Crippen molar-refractivity contribution in [1.29, 1.82) is 0 Å². The van der Waals surface area contributed by atoms with Crippen LogP contribution in [-0.2, 0) is 9.47 Å². The maximum absolute atomic E-state index is 14.1. The Kier molecular flexibility index (Phi) is 12.0. The average Bonchev–Trinajstić information content (AvgIpc) is 2.92. The zero-order chi connectivity index (χ0) is 27.5. The van der Waals surface area contributed by atoms with E-state index < -0.39 is 29.6 Å². The van der Waals surface area contributed by atoms with Crippen LogP contribution in [0, 0.1) is 29.3 Å². The summed E-state index contributed by atoms with van der Waals surface area (Å²) in [5.41, 5.74) is 0.150. The van der Waals surface area contributed by atoms with Gasteiger partial charge in [0.2, 0.25) is 0 Å². The van der Waals surface area contributed by atoms with Crippen LogP contribution < -0.4 is 16.0 Å². The molecule has 1 aliphatic carbocycles. The van der Waals surface area contributed by atoms with Gasteiger partial charge in [-0.25, -0.2) is 22.8 Å². The summed E-state index contributed by atoms with van der Waals surface area (Å²) < 4.78 is 52.3. The number of hydrogen-bond acceptors (Lipinski definition) is 5. The summed E-state index contributed by atoms with van der Waals surface area (Å²) in [7, 11) is 3.11. The number of likely N-dealkylation sites (N-methyl/N-ethyl adjacent to an activating group) is 1. The largest absolute Gasteiger partial charge is 0.453 e. The molecule has 0 unspecified atom stereocenters. The van der Waals surface area contributed by atoms with Gasteiger partial charge in [0.25, 0.3) is 0 Å². The van der Waals surface area contributed by atoms with E-state index in [4.69, 9.17) is 4.74 Å². The smallest absolute Gasteiger partial charge is 0.406 e. The first kappa shape index (κ1) is 30.0. The fraction of sp³-hybridized carbons (Fsp3) is 0.704. The van der Waals surface area contributed by atoms with Crippen molar-refractivity contribution in [3.05, 3.63) is 35.1 Å². The second-order valence-corrected chi connectivity index (χ2v) is 10.3. The van der Waals surface area contributed by atoms with Crippen LogP contribution in [0.1, 0.15) is 63.0 Å². The van der Waals surface area contributed by atoms with Crippen LogP contribution in [0.25, 0.3) is 0 Å². The van der Waals surface area contributed by atoms with Gasteiger partial charge >= 0.3 is 12.1 Å². The maximum atomic E-state index is 14.1. The van der Waals surface area contributed by atoms with E-state index in [0.717, 1.165) is 18.6 Å². The number of halogens is 3. The molecule has 0 aromatic heterocycles. The molecule has 8 nitrogen and oxygen atoms in total. The predicted octanol–water partition coefficient (Wildman–Crippen LogP) is 4.50. The van der Waals surface area contributed by atoms with Crippen molar-refractivity contribution in [2.75, 3.05) is 46.9 Å². The van der Waals surface area contributed by atoms with Gasteiger partial charge in [-0.05, 0) is 49.9 Å². The van der Waals surface area contributed by atoms with Crippen LogP contribution in [0.2, 0.25) is 0 Å². The van der Waals surface area contributed by atoms with Gasteiger partial charge in [0, 0.05) is 38.1 Å². The van der Waals surface area contributed by atoms with Crippen molar-refractivity contribution in [2.24, 2.45) is 11.8 Å². The Balaban J connectivity index is 1.68. The van der Waals surface area contributed by atoms with E-state index in [1.807, 2.05) is 7.05 Å². The molecule has 1 saturated heterocycles. The number of carbonyl (C=O) groups excluding carboxylic acids is 2. The van der Waals surface area contributed by atoms with E-state index in [2.05, 4.69) is 20.7 Å². The summed E-state index contributed by atoms with van der Waals surface area (Å²) in [6, 6.07) is 1.70. The number of benzene rings is 1. The van der Waals surface area contributed by atoms with E-state index in [9.17, 15) is 22.8 Å². The molecule has 1 heterocycles. The molecule has 3 rings (SSSR count). The molecule has 38 heavy (non-hydrogen) atoms. The van der Waals surface area contributed by atoms with Gasteiger partial charge in [0.05, 0.1) is 19.8 Å². The molecule has 0 spiro atoms. The number of ether oxygens (including phenoxy) is 2. The van der Waals surface area contributed by atoms with Crippen molar-refractivity contribution < 1.29 is 32.2 Å². The first-order valence-corrected chi connectivity index (χ1v) is 13.6. The van der Waals surface area contributed by atoms with Crippen LogP contribution in [0.15, 0.2) is 12.1 Å². The van der Waals surface area contributed by atoms with Crippen LogP contribution >= 0.6 is 0 Å². The van der Waals surface area contributed by atoms with E-state index in [1.54, 1.807) is 4.90 Å². The van der Waals surface area contributed by atoms with Crippen LogP contribution in [0.4, 0.5) is 22.8 Å². The van der Waals surface area contributed by atoms with E-state index in [1.165, 1.54) is 39.2 Å². The number of rotatable bonds is 11. The van der Waals surface area contributed by atoms with Gasteiger partial charge in [0.15, 0.2) is 17.5 Å². The quantitative estimate of drug-likeness (QED) is 0.283. The van der Waals surface area contributed by atoms with Gasteiger partial charge in [-0.15, -0.1) is 0 Å². The number of urea groups is 1. The molecular formula is C27H41F3N4O4. The number of methoxy groups -OCH3 is 1. The summed E-state index contributed by atoms with van der Waals surface area (Å²) in [5.74, 6) is -3.82. The lowest BCUT2D eigenvalue weighted by atomic mass is 9.85. The third-order valence-corrected chi connectivity index (χ3v) is 7.48. The van der Waals surface area contributed by atoms with E-state index >= 15 is 0 Å². The van der Waals surface area contributed by atoms with E-state index in [-0.39, 0.29) is 36.7 Å². The lowest BCUT2D eigenvalue weighted by molar-refractivity contribution is -0.00905. The molecule has 3 amide bonds. The molecule has 3 N–H and O–H groups in total. The van der Waals surface area contributed by atoms with Crippen LogP contribution in [-0.4, -0.2) is 70.0 Å². The minimum atomic E-state index is -1.54. The van der Waals surface area contributed by atoms with Gasteiger partial charge in [-0.1, -0.05) is 32.1 Å². The Morgan fingerprint density at radius 1 is 1.08 bits per heavy atom. The molecule has 0 radical (unpaired) electrons. The lowest BCUT2D eigenvalue weighted by Crippen LogP contribution is -2.52. The molecule has 1 saturated carbocycles. The molecule has 214 valence electrons. The summed E-state index contributed by atoms with van der Waals surface area (Å²) in [5, 5.41) is 8.85. The minimum Gasteiger partial charge on any atom is -0.453 e. The first-order valence-electron chi connectivity index (χ1n) is 13.6. The highest BCUT2D eigenvalue weighted by atomic mass is 19.2. The zero-order valence-corrected chi connectivity index (χ0v) is 22.4. The highest BCUT2D eigenvalue weighted by Gasteiger charge is 2.33. The van der Waals surface area contributed by atoms with Gasteiger partial charge < -0.3 is 30.3 Å². The SMILES string of the molecule is CNC[C@H](CC1CCCCC1)NC(=O)N1CCC[C@@H]([C@@H](OCCNC(=O)OC)c2cc(F)c(F)c(F)c2)C1. The van der Waals surface area contributed by atoms with Crippen LogP contribution in [0.5, 0.6) is 0 Å². The number of hydrogen-bond donors (Lipinski definition) is 3. The van der Waals surface area contributed by atoms with Crippen LogP contribution in [0.3, 0.4) is 0 Å². The summed E-state index contributed by atoms with van der Waals surface area (Å²) in [6.45, 7) is 1.69. The Bertz CT molecular complexity index is 893. The third kappa shape index (κ3) is 8.76. The summed E-state index contributed by atoms with van der Waals surface area (Å²) in [6.07, 6.45) is 6.96. The van der Waals surface area contributed by atoms with Crippen molar-refractivity contribution in [1.82, 2.24) is 20.9 Å². The van der Waals surface area contributed by atoms with Gasteiger partial charge in [-0.3, -0.25) is 0 Å². The second kappa shape index (κ2) is 15.2. The number of nitrogens with one attached hydrogen (secondary N) is 3. The normalized spacial score (nSPS) is 20.0. The number of amides is 3. The van der Waals surface area contributed by atoms with Crippen molar-refractivity contribution in [3.8, 4) is 0 Å². The fourth-order valence-corrected chi connectivity index (χ4v) is 5.63. The molecule has 3 atom stereocenters. The topological polar surface area (TPSA) is 91.9 Å². The Labute approximate surface area is 223 Å². The highest BCUT2D eigenvalue weighted by Crippen LogP contribution is 2.34. The van der Waals surface area contributed by atoms with Gasteiger partial charge in [0.1, 0.15) is 0 Å². The first-order chi connectivity index (χ1) is 18.3. The van der Waals surface area contributed by atoms with Crippen molar-refractivity contribution >= 4 is 12.1 Å². The lowest BCUT2D eigenvalue weighted by Gasteiger charge is -2.38. The number of likely N-dealkylation sites (tertiary alicyclic amines) is 1. The third-order valence-electron chi connectivity index (χ3n) is 7.48. The summed E-state index contributed by atoms with van der Waals surface area (Å²) >= 11 is 0. The minimum absolute atomic E-state index is 0.00714.